The van der Waals surface area contributed by atoms with Gasteiger partial charge < -0.3 is 20.3 Å². The third-order valence-corrected chi connectivity index (χ3v) is 5.37. The van der Waals surface area contributed by atoms with Gasteiger partial charge in [0.1, 0.15) is 17.5 Å². The number of nitrogens with two attached hydrogens (primary N) is 1. The Morgan fingerprint density at radius 2 is 2.04 bits per heavy atom. The number of hydrogen-bond donors (Lipinski definition) is 1. The van der Waals surface area contributed by atoms with Crippen LogP contribution >= 0.6 is 0 Å². The monoisotopic (exact) mass is 382 g/mol. The lowest BCUT2D eigenvalue weighted by Gasteiger charge is -2.34. The first kappa shape index (κ1) is 18.6. The molecule has 2 aliphatic heterocycles. The van der Waals surface area contributed by atoms with Crippen molar-refractivity contribution in [2.24, 2.45) is 5.73 Å². The number of rotatable bonds is 4. The molecule has 1 unspecified atom stereocenters. The number of aryl methyl sites for hydroxylation is 1. The van der Waals surface area contributed by atoms with Crippen LogP contribution in [0.5, 0.6) is 0 Å². The predicted octanol–water partition coefficient (Wildman–Crippen LogP) is 1.50. The Labute approximate surface area is 164 Å². The van der Waals surface area contributed by atoms with Crippen molar-refractivity contribution < 1.29 is 9.53 Å². The summed E-state index contributed by atoms with van der Waals surface area (Å²) in [7, 11) is 0. The lowest BCUT2D eigenvalue weighted by molar-refractivity contribution is 0.100. The highest BCUT2D eigenvalue weighted by atomic mass is 16.5. The van der Waals surface area contributed by atoms with Crippen LogP contribution in [0.4, 0.5) is 11.6 Å². The molecule has 8 nitrogen and oxygen atoms in total. The summed E-state index contributed by atoms with van der Waals surface area (Å²) in [5, 5.41) is 0. The van der Waals surface area contributed by atoms with Crippen molar-refractivity contribution in [3.8, 4) is 0 Å². The number of amides is 1. The fourth-order valence-electron chi connectivity index (χ4n) is 3.99. The molecule has 8 heteroatoms. The van der Waals surface area contributed by atoms with Gasteiger partial charge in [0, 0.05) is 44.4 Å². The molecule has 0 aliphatic carbocycles. The van der Waals surface area contributed by atoms with Crippen LogP contribution in [0, 0.1) is 6.92 Å². The minimum Gasteiger partial charge on any atom is -0.378 e. The number of piperidine rings is 1. The Morgan fingerprint density at radius 1 is 1.21 bits per heavy atom. The van der Waals surface area contributed by atoms with E-state index in [9.17, 15) is 4.79 Å². The lowest BCUT2D eigenvalue weighted by Crippen LogP contribution is -2.38. The first-order valence-corrected chi connectivity index (χ1v) is 9.80. The molecule has 0 aromatic carbocycles. The Bertz CT molecular complexity index is 852. The van der Waals surface area contributed by atoms with Crippen LogP contribution in [0.3, 0.4) is 0 Å². The maximum atomic E-state index is 11.8. The number of aromatic nitrogens is 3. The minimum atomic E-state index is -0.447. The van der Waals surface area contributed by atoms with Crippen molar-refractivity contribution in [1.82, 2.24) is 15.0 Å². The van der Waals surface area contributed by atoms with Crippen LogP contribution in [0.1, 0.15) is 40.6 Å². The SMILES string of the molecule is Cc1nc(C2CCCN(c3ncccc3C(N)=O)C2)cc(N2CCOCC2)n1. The highest BCUT2D eigenvalue weighted by Gasteiger charge is 2.27. The molecule has 2 saturated heterocycles. The minimum absolute atomic E-state index is 0.262. The summed E-state index contributed by atoms with van der Waals surface area (Å²) in [6, 6.07) is 5.59. The molecule has 2 fully saturated rings. The smallest absolute Gasteiger partial charge is 0.252 e. The summed E-state index contributed by atoms with van der Waals surface area (Å²) >= 11 is 0. The molecule has 0 bridgehead atoms. The van der Waals surface area contributed by atoms with Gasteiger partial charge >= 0.3 is 0 Å². The molecule has 4 rings (SSSR count). The van der Waals surface area contributed by atoms with Gasteiger partial charge in [-0.05, 0) is 31.9 Å². The topological polar surface area (TPSA) is 97.5 Å². The van der Waals surface area contributed by atoms with Gasteiger partial charge in [0.25, 0.3) is 5.91 Å². The van der Waals surface area contributed by atoms with E-state index >= 15 is 0 Å². The van der Waals surface area contributed by atoms with E-state index in [1.807, 2.05) is 6.92 Å². The molecule has 1 atom stereocenters. The van der Waals surface area contributed by atoms with Crippen molar-refractivity contribution in [2.45, 2.75) is 25.7 Å². The van der Waals surface area contributed by atoms with Crippen LogP contribution in [-0.4, -0.2) is 60.3 Å². The van der Waals surface area contributed by atoms with Gasteiger partial charge in [0.2, 0.25) is 0 Å². The Balaban J connectivity index is 1.58. The van der Waals surface area contributed by atoms with Gasteiger partial charge in [-0.3, -0.25) is 4.79 Å². The van der Waals surface area contributed by atoms with Gasteiger partial charge in [0.05, 0.1) is 24.5 Å². The van der Waals surface area contributed by atoms with Gasteiger partial charge in [-0.1, -0.05) is 0 Å². The maximum absolute atomic E-state index is 11.8. The molecule has 2 aliphatic rings. The number of primary amides is 1. The zero-order valence-corrected chi connectivity index (χ0v) is 16.2. The van der Waals surface area contributed by atoms with Gasteiger partial charge in [0.15, 0.2) is 0 Å². The summed E-state index contributed by atoms with van der Waals surface area (Å²) in [6.07, 6.45) is 3.76. The predicted molar refractivity (Wildman–Crippen MR) is 107 cm³/mol. The van der Waals surface area contributed by atoms with E-state index < -0.39 is 5.91 Å². The van der Waals surface area contributed by atoms with Gasteiger partial charge in [-0.15, -0.1) is 0 Å². The molecule has 4 heterocycles. The second-order valence-electron chi connectivity index (χ2n) is 7.32. The first-order chi connectivity index (χ1) is 13.6. The Morgan fingerprint density at radius 3 is 2.82 bits per heavy atom. The Kier molecular flexibility index (Phi) is 5.38. The van der Waals surface area contributed by atoms with Crippen molar-refractivity contribution >= 4 is 17.5 Å². The van der Waals surface area contributed by atoms with Crippen LogP contribution in [0.25, 0.3) is 0 Å². The zero-order chi connectivity index (χ0) is 19.5. The number of morpholine rings is 1. The number of carbonyl (C=O) groups excluding carboxylic acids is 1. The molecule has 2 aromatic rings. The van der Waals surface area contributed by atoms with Gasteiger partial charge in [-0.2, -0.15) is 0 Å². The van der Waals surface area contributed by atoms with E-state index in [2.05, 4.69) is 25.8 Å². The highest BCUT2D eigenvalue weighted by Crippen LogP contribution is 2.31. The van der Waals surface area contributed by atoms with E-state index in [1.165, 1.54) is 0 Å². The second kappa shape index (κ2) is 8.10. The molecule has 1 amide bonds. The molecule has 0 spiro atoms. The molecular weight excluding hydrogens is 356 g/mol. The summed E-state index contributed by atoms with van der Waals surface area (Å²) < 4.78 is 5.46. The average molecular weight is 382 g/mol. The summed E-state index contributed by atoms with van der Waals surface area (Å²) in [5.74, 6) is 2.24. The van der Waals surface area contributed by atoms with Crippen molar-refractivity contribution in [3.63, 3.8) is 0 Å². The molecule has 2 aromatic heterocycles. The molecule has 148 valence electrons. The third-order valence-electron chi connectivity index (χ3n) is 5.37. The molecule has 28 heavy (non-hydrogen) atoms. The van der Waals surface area contributed by atoms with Crippen LogP contribution in [0.2, 0.25) is 0 Å². The molecule has 0 radical (unpaired) electrons. The number of pyridine rings is 1. The van der Waals surface area contributed by atoms with Crippen molar-refractivity contribution in [3.05, 3.63) is 41.5 Å². The number of nitrogens with zero attached hydrogens (tertiary/aromatic N) is 5. The fourth-order valence-corrected chi connectivity index (χ4v) is 3.99. The van der Waals surface area contributed by atoms with Crippen LogP contribution < -0.4 is 15.5 Å². The normalized spacial score (nSPS) is 20.2. The van der Waals surface area contributed by atoms with E-state index in [0.29, 0.717) is 11.4 Å². The number of anilines is 2. The maximum Gasteiger partial charge on any atom is 0.252 e. The number of carbonyl (C=O) groups is 1. The van der Waals surface area contributed by atoms with E-state index in [-0.39, 0.29) is 5.92 Å². The summed E-state index contributed by atoms with van der Waals surface area (Å²) in [6.45, 7) is 6.71. The van der Waals surface area contributed by atoms with Gasteiger partial charge in [-0.25, -0.2) is 15.0 Å². The zero-order valence-electron chi connectivity index (χ0n) is 16.2. The Hall–Kier alpha value is -2.74. The molecule has 2 N–H and O–H groups in total. The van der Waals surface area contributed by atoms with Crippen LogP contribution in [-0.2, 0) is 4.74 Å². The number of ether oxygens (including phenoxy) is 1. The lowest BCUT2D eigenvalue weighted by atomic mass is 9.94. The summed E-state index contributed by atoms with van der Waals surface area (Å²) in [5.41, 5.74) is 7.07. The highest BCUT2D eigenvalue weighted by molar-refractivity contribution is 5.97. The largest absolute Gasteiger partial charge is 0.378 e. The quantitative estimate of drug-likeness (QED) is 0.856. The standard InChI is InChI=1S/C20H26N6O2/c1-14-23-17(12-18(24-14)25-8-10-28-11-9-25)15-4-3-7-26(13-15)20-16(19(21)27)5-2-6-22-20/h2,5-6,12,15H,3-4,7-11,13H2,1H3,(H2,21,27). The van der Waals surface area contributed by atoms with E-state index in [0.717, 1.165) is 69.6 Å². The van der Waals surface area contributed by atoms with Crippen molar-refractivity contribution in [2.75, 3.05) is 49.2 Å². The summed E-state index contributed by atoms with van der Waals surface area (Å²) in [4.78, 5) is 30.0. The average Bonchev–Trinajstić information content (AvgIpc) is 2.74. The van der Waals surface area contributed by atoms with Crippen molar-refractivity contribution in [1.29, 1.82) is 0 Å². The van der Waals surface area contributed by atoms with E-state index in [4.69, 9.17) is 15.5 Å². The number of hydrogen-bond acceptors (Lipinski definition) is 7. The second-order valence-corrected chi connectivity index (χ2v) is 7.32. The first-order valence-electron chi connectivity index (χ1n) is 9.80. The van der Waals surface area contributed by atoms with Crippen LogP contribution in [0.15, 0.2) is 24.4 Å². The third kappa shape index (κ3) is 3.91. The van der Waals surface area contributed by atoms with E-state index in [1.54, 1.807) is 18.3 Å². The molecular formula is C20H26N6O2. The molecule has 0 saturated carbocycles. The fraction of sp³-hybridized carbons (Fsp3) is 0.500.